The number of alkyl halides is 1. The van der Waals surface area contributed by atoms with E-state index in [0.29, 0.717) is 13.0 Å². The lowest BCUT2D eigenvalue weighted by atomic mass is 9.95. The summed E-state index contributed by atoms with van der Waals surface area (Å²) in [6.45, 7) is 6.64. The first-order valence-corrected chi connectivity index (χ1v) is 7.56. The molecular weight excluding hydrogens is 231 g/mol. The van der Waals surface area contributed by atoms with Gasteiger partial charge in [0.05, 0.1) is 6.10 Å². The Labute approximate surface area is 111 Å². The zero-order valence-corrected chi connectivity index (χ0v) is 12.2. The second-order valence-electron chi connectivity index (χ2n) is 5.61. The molecule has 1 fully saturated rings. The molecule has 0 radical (unpaired) electrons. The second-order valence-corrected chi connectivity index (χ2v) is 5.61. The van der Waals surface area contributed by atoms with Gasteiger partial charge in [-0.15, -0.1) is 0 Å². The maximum Gasteiger partial charge on any atom is 0.161 e. The quantitative estimate of drug-likeness (QED) is 0.563. The molecule has 108 valence electrons. The lowest BCUT2D eigenvalue weighted by molar-refractivity contribution is -0.138. The summed E-state index contributed by atoms with van der Waals surface area (Å²) in [5.41, 5.74) is -1.22. The average molecular weight is 260 g/mol. The van der Waals surface area contributed by atoms with Crippen LogP contribution in [-0.4, -0.2) is 24.7 Å². The molecular formula is C15H29FO2. The first kappa shape index (κ1) is 15.9. The number of hydrogen-bond acceptors (Lipinski definition) is 2. The molecule has 0 amide bonds. The van der Waals surface area contributed by atoms with Crippen LogP contribution in [0.5, 0.6) is 0 Å². The van der Waals surface area contributed by atoms with Gasteiger partial charge in [0.1, 0.15) is 5.67 Å². The van der Waals surface area contributed by atoms with Crippen LogP contribution < -0.4 is 0 Å². The van der Waals surface area contributed by atoms with Crippen molar-refractivity contribution in [3.05, 3.63) is 0 Å². The maximum absolute atomic E-state index is 14.3. The van der Waals surface area contributed by atoms with E-state index >= 15 is 0 Å². The van der Waals surface area contributed by atoms with Crippen LogP contribution in [0.4, 0.5) is 4.39 Å². The Bertz CT molecular complexity index is 219. The normalized spacial score (nSPS) is 32.0. The van der Waals surface area contributed by atoms with E-state index in [0.717, 1.165) is 25.7 Å². The van der Waals surface area contributed by atoms with Crippen LogP contribution in [0.1, 0.15) is 72.1 Å². The van der Waals surface area contributed by atoms with Crippen molar-refractivity contribution in [2.24, 2.45) is 0 Å². The van der Waals surface area contributed by atoms with Crippen LogP contribution in [0, 0.1) is 0 Å². The van der Waals surface area contributed by atoms with Crippen LogP contribution in [-0.2, 0) is 9.47 Å². The van der Waals surface area contributed by atoms with Crippen molar-refractivity contribution in [1.29, 1.82) is 0 Å². The van der Waals surface area contributed by atoms with Gasteiger partial charge in [-0.05, 0) is 19.8 Å². The molecule has 0 spiro atoms. The van der Waals surface area contributed by atoms with E-state index in [4.69, 9.17) is 9.47 Å². The summed E-state index contributed by atoms with van der Waals surface area (Å²) in [5, 5.41) is 0. The Hall–Kier alpha value is -0.150. The lowest BCUT2D eigenvalue weighted by Gasteiger charge is -2.20. The van der Waals surface area contributed by atoms with Gasteiger partial charge in [-0.3, -0.25) is 0 Å². The summed E-state index contributed by atoms with van der Waals surface area (Å²) in [7, 11) is 0. The molecule has 3 atom stereocenters. The van der Waals surface area contributed by atoms with Gasteiger partial charge in [-0.1, -0.05) is 46.0 Å². The molecule has 2 nitrogen and oxygen atoms in total. The Morgan fingerprint density at radius 2 is 1.89 bits per heavy atom. The van der Waals surface area contributed by atoms with Gasteiger partial charge in [0, 0.05) is 13.0 Å². The number of rotatable bonds is 9. The van der Waals surface area contributed by atoms with Crippen LogP contribution in [0.15, 0.2) is 0 Å². The Morgan fingerprint density at radius 3 is 2.56 bits per heavy atom. The molecule has 1 aliphatic rings. The van der Waals surface area contributed by atoms with Gasteiger partial charge in [-0.25, -0.2) is 4.39 Å². The van der Waals surface area contributed by atoms with Crippen molar-refractivity contribution in [2.45, 2.75) is 90.2 Å². The van der Waals surface area contributed by atoms with Crippen LogP contribution in [0.25, 0.3) is 0 Å². The molecule has 0 bridgehead atoms. The maximum atomic E-state index is 14.3. The van der Waals surface area contributed by atoms with Crippen molar-refractivity contribution in [1.82, 2.24) is 0 Å². The van der Waals surface area contributed by atoms with E-state index in [1.807, 2.05) is 0 Å². The summed E-state index contributed by atoms with van der Waals surface area (Å²) < 4.78 is 25.6. The highest BCUT2D eigenvalue weighted by Gasteiger charge is 2.45. The average Bonchev–Trinajstić information content (AvgIpc) is 2.60. The molecule has 0 saturated carbocycles. The summed E-state index contributed by atoms with van der Waals surface area (Å²) in [5.74, 6) is 0. The summed E-state index contributed by atoms with van der Waals surface area (Å²) >= 11 is 0. The Morgan fingerprint density at radius 1 is 1.17 bits per heavy atom. The van der Waals surface area contributed by atoms with Crippen molar-refractivity contribution >= 4 is 0 Å². The fourth-order valence-electron chi connectivity index (χ4n) is 2.41. The van der Waals surface area contributed by atoms with Gasteiger partial charge < -0.3 is 9.47 Å². The number of hydrogen-bond donors (Lipinski definition) is 0. The first-order chi connectivity index (χ1) is 8.60. The van der Waals surface area contributed by atoms with E-state index in [2.05, 4.69) is 13.8 Å². The highest BCUT2D eigenvalue weighted by molar-refractivity contribution is 4.90. The summed E-state index contributed by atoms with van der Waals surface area (Å²) in [6.07, 6.45) is 7.38. The topological polar surface area (TPSA) is 18.5 Å². The van der Waals surface area contributed by atoms with Crippen molar-refractivity contribution < 1.29 is 13.9 Å². The molecule has 18 heavy (non-hydrogen) atoms. The van der Waals surface area contributed by atoms with E-state index in [1.165, 1.54) is 19.3 Å². The minimum atomic E-state index is -1.22. The third-order valence-electron chi connectivity index (χ3n) is 3.67. The number of ether oxygens (including phenoxy) is 2. The molecule has 1 aliphatic heterocycles. The Kier molecular flexibility index (Phi) is 7.16. The van der Waals surface area contributed by atoms with Crippen LogP contribution in [0.3, 0.4) is 0 Å². The zero-order chi connectivity index (χ0) is 13.4. The zero-order valence-electron chi connectivity index (χ0n) is 12.2. The molecule has 1 heterocycles. The van der Waals surface area contributed by atoms with E-state index in [1.54, 1.807) is 6.92 Å². The molecule has 3 heteroatoms. The highest BCUT2D eigenvalue weighted by Crippen LogP contribution is 2.37. The van der Waals surface area contributed by atoms with Gasteiger partial charge in [0.25, 0.3) is 0 Å². The summed E-state index contributed by atoms with van der Waals surface area (Å²) in [6, 6.07) is 0. The molecule has 0 aromatic carbocycles. The fraction of sp³-hybridized carbons (Fsp3) is 1.00. The number of unbranched alkanes of at least 4 members (excludes halogenated alkanes) is 4. The second kappa shape index (κ2) is 8.11. The monoisotopic (exact) mass is 260 g/mol. The molecule has 0 aliphatic carbocycles. The fourth-order valence-corrected chi connectivity index (χ4v) is 2.41. The standard InChI is InChI=1S/C15H29FO2/c1-4-6-8-9-10-13-15(3,16)12-14(18-13)17-11-7-5-2/h13-14H,4-12H2,1-3H3. The van der Waals surface area contributed by atoms with Crippen molar-refractivity contribution in [3.8, 4) is 0 Å². The lowest BCUT2D eigenvalue weighted by Crippen LogP contribution is -2.29. The van der Waals surface area contributed by atoms with Crippen LogP contribution >= 0.6 is 0 Å². The van der Waals surface area contributed by atoms with Crippen molar-refractivity contribution in [2.75, 3.05) is 6.61 Å². The Balaban J connectivity index is 2.25. The highest BCUT2D eigenvalue weighted by atomic mass is 19.1. The van der Waals surface area contributed by atoms with E-state index in [9.17, 15) is 4.39 Å². The van der Waals surface area contributed by atoms with E-state index in [-0.39, 0.29) is 12.4 Å². The van der Waals surface area contributed by atoms with Gasteiger partial charge >= 0.3 is 0 Å². The third-order valence-corrected chi connectivity index (χ3v) is 3.67. The smallest absolute Gasteiger partial charge is 0.161 e. The minimum Gasteiger partial charge on any atom is -0.353 e. The molecule has 0 aromatic heterocycles. The molecule has 0 aromatic rings. The predicted molar refractivity (Wildman–Crippen MR) is 72.4 cm³/mol. The first-order valence-electron chi connectivity index (χ1n) is 7.56. The van der Waals surface area contributed by atoms with Crippen molar-refractivity contribution in [3.63, 3.8) is 0 Å². The van der Waals surface area contributed by atoms with Gasteiger partial charge in [0.2, 0.25) is 0 Å². The molecule has 1 rings (SSSR count). The third kappa shape index (κ3) is 5.23. The SMILES string of the molecule is CCCCCCC1OC(OCCCC)CC1(C)F. The molecule has 0 N–H and O–H groups in total. The van der Waals surface area contributed by atoms with Gasteiger partial charge in [0.15, 0.2) is 6.29 Å². The molecule has 1 saturated heterocycles. The minimum absolute atomic E-state index is 0.277. The predicted octanol–water partition coefficient (Wildman–Crippen LogP) is 4.62. The summed E-state index contributed by atoms with van der Waals surface area (Å²) in [4.78, 5) is 0. The van der Waals surface area contributed by atoms with E-state index < -0.39 is 5.67 Å². The number of halogens is 1. The molecule has 3 unspecified atom stereocenters. The van der Waals surface area contributed by atoms with Crippen LogP contribution in [0.2, 0.25) is 0 Å². The van der Waals surface area contributed by atoms with Gasteiger partial charge in [-0.2, -0.15) is 0 Å². The largest absolute Gasteiger partial charge is 0.353 e.